The van der Waals surface area contributed by atoms with Crippen LogP contribution in [0.15, 0.2) is 65.8 Å². The van der Waals surface area contributed by atoms with E-state index in [9.17, 15) is 5.11 Å². The molecule has 1 heterocycles. The Labute approximate surface area is 194 Å². The third kappa shape index (κ3) is 5.81. The maximum atomic E-state index is 9.42. The lowest BCUT2D eigenvalue weighted by atomic mass is 10.1. The minimum Gasteiger partial charge on any atom is -0.398 e. The molecule has 3 rings (SSSR count). The highest BCUT2D eigenvalue weighted by molar-refractivity contribution is 8.11. The summed E-state index contributed by atoms with van der Waals surface area (Å²) in [5.41, 5.74) is 17.0. The van der Waals surface area contributed by atoms with Crippen LogP contribution in [0.4, 0.5) is 23.1 Å². The molecule has 0 saturated heterocycles. The summed E-state index contributed by atoms with van der Waals surface area (Å²) in [5.74, 6) is 0.879. The second kappa shape index (κ2) is 11.0. The number of rotatable bonds is 8. The summed E-state index contributed by atoms with van der Waals surface area (Å²) in [5, 5.41) is 9.42. The van der Waals surface area contributed by atoms with E-state index < -0.39 is 0 Å². The second-order valence-electron chi connectivity index (χ2n) is 7.67. The standard InChI is InChI=1S/C25H31N5OS/c1-17-9-6-4-5-7-10-22(17)32-19(3)21-16-20(15-18(2)24(21)26)30(13-8-14-31)23-11-12-28-25(27)29-23/h5-7,9,11-12,15-16,31H,3-4,8,10,13-14,26H2,1-2H3,(H2,27,28,29)/b7-5-,9-6?,22-17+. The van der Waals surface area contributed by atoms with Crippen molar-refractivity contribution in [3.63, 3.8) is 0 Å². The molecule has 1 aliphatic carbocycles. The average Bonchev–Trinajstić information content (AvgIpc) is 2.76. The van der Waals surface area contributed by atoms with Crippen molar-refractivity contribution in [2.24, 2.45) is 0 Å². The number of aliphatic hydroxyl groups is 1. The normalized spacial score (nSPS) is 17.0. The molecule has 0 unspecified atom stereocenters. The van der Waals surface area contributed by atoms with Gasteiger partial charge in [-0.1, -0.05) is 42.6 Å². The predicted molar refractivity (Wildman–Crippen MR) is 138 cm³/mol. The minimum atomic E-state index is 0.0783. The van der Waals surface area contributed by atoms with Crippen molar-refractivity contribution in [1.29, 1.82) is 0 Å². The Morgan fingerprint density at radius 3 is 2.78 bits per heavy atom. The molecule has 0 bridgehead atoms. The van der Waals surface area contributed by atoms with Crippen LogP contribution in [-0.4, -0.2) is 28.2 Å². The van der Waals surface area contributed by atoms with Crippen molar-refractivity contribution < 1.29 is 5.11 Å². The zero-order valence-corrected chi connectivity index (χ0v) is 19.5. The van der Waals surface area contributed by atoms with Gasteiger partial charge < -0.3 is 21.5 Å². The van der Waals surface area contributed by atoms with Crippen LogP contribution in [0.25, 0.3) is 4.91 Å². The summed E-state index contributed by atoms with van der Waals surface area (Å²) in [7, 11) is 0. The number of aliphatic hydroxyl groups excluding tert-OH is 1. The Morgan fingerprint density at radius 2 is 2.03 bits per heavy atom. The first-order valence-electron chi connectivity index (χ1n) is 10.7. The van der Waals surface area contributed by atoms with Crippen LogP contribution in [0.2, 0.25) is 0 Å². The van der Waals surface area contributed by atoms with E-state index >= 15 is 0 Å². The van der Waals surface area contributed by atoms with Gasteiger partial charge in [-0.2, -0.15) is 4.98 Å². The smallest absolute Gasteiger partial charge is 0.221 e. The van der Waals surface area contributed by atoms with Crippen molar-refractivity contribution in [3.05, 3.63) is 76.9 Å². The number of aryl methyl sites for hydroxylation is 1. The third-order valence-corrected chi connectivity index (χ3v) is 6.46. The first-order chi connectivity index (χ1) is 15.4. The molecule has 0 radical (unpaired) electrons. The van der Waals surface area contributed by atoms with Crippen LogP contribution in [-0.2, 0) is 0 Å². The quantitative estimate of drug-likeness (QED) is 0.369. The lowest BCUT2D eigenvalue weighted by molar-refractivity contribution is 0.290. The van der Waals surface area contributed by atoms with Gasteiger partial charge in [-0.25, -0.2) is 4.98 Å². The highest BCUT2D eigenvalue weighted by atomic mass is 32.2. The molecule has 6 nitrogen and oxygen atoms in total. The average molecular weight is 450 g/mol. The lowest BCUT2D eigenvalue weighted by Gasteiger charge is -2.26. The largest absolute Gasteiger partial charge is 0.398 e. The number of nitrogens with zero attached hydrogens (tertiary/aromatic N) is 3. The molecule has 2 aromatic rings. The fourth-order valence-corrected chi connectivity index (χ4v) is 4.46. The van der Waals surface area contributed by atoms with Crippen LogP contribution >= 0.6 is 11.8 Å². The molecule has 0 atom stereocenters. The summed E-state index contributed by atoms with van der Waals surface area (Å²) in [4.78, 5) is 12.6. The van der Waals surface area contributed by atoms with Crippen molar-refractivity contribution in [1.82, 2.24) is 9.97 Å². The van der Waals surface area contributed by atoms with Gasteiger partial charge in [0.05, 0.1) is 0 Å². The maximum Gasteiger partial charge on any atom is 0.221 e. The van der Waals surface area contributed by atoms with Gasteiger partial charge in [0, 0.05) is 41.2 Å². The van der Waals surface area contributed by atoms with Crippen LogP contribution in [0, 0.1) is 6.92 Å². The number of nitrogen functional groups attached to an aromatic ring is 2. The summed E-state index contributed by atoms with van der Waals surface area (Å²) in [6, 6.07) is 5.88. The maximum absolute atomic E-state index is 9.42. The van der Waals surface area contributed by atoms with Crippen molar-refractivity contribution in [3.8, 4) is 0 Å². The summed E-state index contributed by atoms with van der Waals surface area (Å²) >= 11 is 1.66. The fourth-order valence-electron chi connectivity index (χ4n) is 3.47. The van der Waals surface area contributed by atoms with Crippen LogP contribution < -0.4 is 16.4 Å². The Balaban J connectivity index is 1.99. The molecular weight excluding hydrogens is 418 g/mol. The second-order valence-corrected chi connectivity index (χ2v) is 8.86. The third-order valence-electron chi connectivity index (χ3n) is 5.26. The SMILES string of the molecule is C=C(S/C1=C(\C)C=CC/C=C\C1)c1cc(N(CCCO)c2ccnc(N)n2)cc(C)c1N. The first-order valence-corrected chi connectivity index (χ1v) is 11.5. The Hall–Kier alpha value is -3.03. The van der Waals surface area contributed by atoms with Crippen molar-refractivity contribution >= 4 is 39.8 Å². The summed E-state index contributed by atoms with van der Waals surface area (Å²) in [6.07, 6.45) is 12.8. The lowest BCUT2D eigenvalue weighted by Crippen LogP contribution is -2.21. The van der Waals surface area contributed by atoms with E-state index in [1.54, 1.807) is 18.0 Å². The number of hydrogen-bond acceptors (Lipinski definition) is 7. The van der Waals surface area contributed by atoms with Gasteiger partial charge >= 0.3 is 0 Å². The van der Waals surface area contributed by atoms with Gasteiger partial charge in [0.15, 0.2) is 0 Å². The molecule has 0 saturated carbocycles. The molecule has 0 aliphatic heterocycles. The van der Waals surface area contributed by atoms with E-state index in [1.165, 1.54) is 10.5 Å². The van der Waals surface area contributed by atoms with E-state index in [-0.39, 0.29) is 12.6 Å². The highest BCUT2D eigenvalue weighted by Crippen LogP contribution is 2.41. The van der Waals surface area contributed by atoms with Crippen molar-refractivity contribution in [2.45, 2.75) is 33.1 Å². The van der Waals surface area contributed by atoms with Gasteiger partial charge in [-0.3, -0.25) is 0 Å². The molecule has 7 heteroatoms. The molecule has 0 spiro atoms. The van der Waals surface area contributed by atoms with E-state index in [2.05, 4.69) is 47.8 Å². The van der Waals surface area contributed by atoms with Gasteiger partial charge in [0.1, 0.15) is 5.82 Å². The molecule has 5 N–H and O–H groups in total. The first kappa shape index (κ1) is 23.6. The number of nitrogens with two attached hydrogens (primary N) is 2. The number of anilines is 4. The minimum absolute atomic E-state index is 0.0783. The molecule has 1 aliphatic rings. The fraction of sp³-hybridized carbons (Fsp3) is 0.280. The van der Waals surface area contributed by atoms with Gasteiger partial charge in [-0.15, -0.1) is 0 Å². The molecule has 0 fully saturated rings. The van der Waals surface area contributed by atoms with E-state index in [1.807, 2.05) is 30.0 Å². The number of allylic oxidation sites excluding steroid dienone is 6. The van der Waals surface area contributed by atoms with Gasteiger partial charge in [-0.05, 0) is 67.4 Å². The molecule has 168 valence electrons. The van der Waals surface area contributed by atoms with Gasteiger partial charge in [0.2, 0.25) is 5.95 Å². The zero-order chi connectivity index (χ0) is 23.1. The highest BCUT2D eigenvalue weighted by Gasteiger charge is 2.17. The summed E-state index contributed by atoms with van der Waals surface area (Å²) in [6.45, 7) is 9.13. The predicted octanol–water partition coefficient (Wildman–Crippen LogP) is 5.35. The Morgan fingerprint density at radius 1 is 1.22 bits per heavy atom. The van der Waals surface area contributed by atoms with E-state index in [4.69, 9.17) is 11.5 Å². The zero-order valence-electron chi connectivity index (χ0n) is 18.7. The monoisotopic (exact) mass is 449 g/mol. The Bertz CT molecular complexity index is 1070. The van der Waals surface area contributed by atoms with Crippen LogP contribution in [0.3, 0.4) is 0 Å². The van der Waals surface area contributed by atoms with E-state index in [0.29, 0.717) is 24.5 Å². The van der Waals surface area contributed by atoms with Crippen LogP contribution in [0.1, 0.15) is 37.3 Å². The molecule has 1 aromatic carbocycles. The molecule has 1 aromatic heterocycles. The summed E-state index contributed by atoms with van der Waals surface area (Å²) < 4.78 is 0. The van der Waals surface area contributed by atoms with Crippen molar-refractivity contribution in [2.75, 3.05) is 29.5 Å². The number of benzene rings is 1. The molecule has 0 amide bonds. The van der Waals surface area contributed by atoms with E-state index in [0.717, 1.165) is 34.6 Å². The molecular formula is C25H31N5OS. The molecule has 32 heavy (non-hydrogen) atoms. The Kier molecular flexibility index (Phi) is 8.14. The van der Waals surface area contributed by atoms with Gasteiger partial charge in [0.25, 0.3) is 0 Å². The topological polar surface area (TPSA) is 101 Å². The number of thioether (sulfide) groups is 1. The van der Waals surface area contributed by atoms with Crippen LogP contribution in [0.5, 0.6) is 0 Å². The number of aromatic nitrogens is 2. The number of hydrogen-bond donors (Lipinski definition) is 3.